The quantitative estimate of drug-likeness (QED) is 0.660. The zero-order valence-corrected chi connectivity index (χ0v) is 10.2. The molecular formula is C16H13N2. The largest absolute Gasteiger partial charge is 0.231 e. The van der Waals surface area contributed by atoms with E-state index in [0.29, 0.717) is 0 Å². The SMILES string of the molecule is Cc1ccc(-c2c[c]n(-c3ccccc3)n2)cc1. The Morgan fingerprint density at radius 3 is 2.39 bits per heavy atom. The second-order valence-corrected chi connectivity index (χ2v) is 4.27. The molecule has 3 aromatic rings. The molecule has 87 valence electrons. The van der Waals surface area contributed by atoms with Gasteiger partial charge < -0.3 is 0 Å². The van der Waals surface area contributed by atoms with Crippen LogP contribution in [0.4, 0.5) is 0 Å². The topological polar surface area (TPSA) is 17.8 Å². The number of rotatable bonds is 2. The summed E-state index contributed by atoms with van der Waals surface area (Å²) in [6.45, 7) is 2.08. The van der Waals surface area contributed by atoms with Crippen molar-refractivity contribution in [2.24, 2.45) is 0 Å². The summed E-state index contributed by atoms with van der Waals surface area (Å²) in [6.07, 6.45) is 3.14. The van der Waals surface area contributed by atoms with Crippen LogP contribution in [0.5, 0.6) is 0 Å². The van der Waals surface area contributed by atoms with E-state index >= 15 is 0 Å². The Hall–Kier alpha value is -2.35. The van der Waals surface area contributed by atoms with Crippen LogP contribution in [0.25, 0.3) is 16.9 Å². The van der Waals surface area contributed by atoms with Crippen molar-refractivity contribution in [3.05, 3.63) is 72.4 Å². The van der Waals surface area contributed by atoms with E-state index in [1.165, 1.54) is 5.56 Å². The summed E-state index contributed by atoms with van der Waals surface area (Å²) in [5.74, 6) is 0. The first-order valence-electron chi connectivity index (χ1n) is 5.93. The molecule has 0 bridgehead atoms. The molecule has 0 N–H and O–H groups in total. The van der Waals surface area contributed by atoms with Crippen molar-refractivity contribution in [2.45, 2.75) is 6.92 Å². The summed E-state index contributed by atoms with van der Waals surface area (Å²) in [5.41, 5.74) is 4.34. The maximum atomic E-state index is 4.54. The number of aryl methyl sites for hydroxylation is 1. The molecule has 1 radical (unpaired) electrons. The Labute approximate surface area is 107 Å². The van der Waals surface area contributed by atoms with Crippen LogP contribution in [0.2, 0.25) is 0 Å². The summed E-state index contributed by atoms with van der Waals surface area (Å²) < 4.78 is 1.77. The normalized spacial score (nSPS) is 10.5. The van der Waals surface area contributed by atoms with E-state index in [1.54, 1.807) is 4.68 Å². The van der Waals surface area contributed by atoms with Crippen LogP contribution in [-0.4, -0.2) is 9.78 Å². The highest BCUT2D eigenvalue weighted by atomic mass is 15.3. The van der Waals surface area contributed by atoms with E-state index in [4.69, 9.17) is 0 Å². The van der Waals surface area contributed by atoms with E-state index < -0.39 is 0 Å². The first-order valence-corrected chi connectivity index (χ1v) is 5.93. The predicted molar refractivity (Wildman–Crippen MR) is 72.6 cm³/mol. The lowest BCUT2D eigenvalue weighted by atomic mass is 10.1. The van der Waals surface area contributed by atoms with Gasteiger partial charge in [0.15, 0.2) is 0 Å². The molecule has 0 unspecified atom stereocenters. The van der Waals surface area contributed by atoms with E-state index in [1.807, 2.05) is 36.4 Å². The highest BCUT2D eigenvalue weighted by Gasteiger charge is 2.03. The minimum atomic E-state index is 0.943. The van der Waals surface area contributed by atoms with Gasteiger partial charge in [0.1, 0.15) is 0 Å². The molecule has 0 aliphatic rings. The molecule has 2 heteroatoms. The Bertz CT molecular complexity index is 636. The molecule has 0 amide bonds. The van der Waals surface area contributed by atoms with Gasteiger partial charge in [-0.05, 0) is 25.1 Å². The maximum absolute atomic E-state index is 4.54. The van der Waals surface area contributed by atoms with E-state index in [0.717, 1.165) is 16.9 Å². The van der Waals surface area contributed by atoms with E-state index in [2.05, 4.69) is 42.5 Å². The average Bonchev–Trinajstić information content (AvgIpc) is 2.90. The zero-order chi connectivity index (χ0) is 12.4. The fraction of sp³-hybridized carbons (Fsp3) is 0.0625. The van der Waals surface area contributed by atoms with Crippen molar-refractivity contribution in [1.29, 1.82) is 0 Å². The Kier molecular flexibility index (Phi) is 2.69. The molecule has 0 aliphatic heterocycles. The van der Waals surface area contributed by atoms with Crippen LogP contribution < -0.4 is 0 Å². The minimum Gasteiger partial charge on any atom is -0.231 e. The molecule has 0 aliphatic carbocycles. The van der Waals surface area contributed by atoms with Gasteiger partial charge in [-0.25, -0.2) is 4.68 Å². The van der Waals surface area contributed by atoms with Crippen LogP contribution in [0.1, 0.15) is 5.56 Å². The first-order chi connectivity index (χ1) is 8.83. The number of hydrogen-bond donors (Lipinski definition) is 0. The van der Waals surface area contributed by atoms with Gasteiger partial charge in [-0.15, -0.1) is 0 Å². The van der Waals surface area contributed by atoms with Gasteiger partial charge in [0.2, 0.25) is 0 Å². The van der Waals surface area contributed by atoms with Crippen LogP contribution in [0.15, 0.2) is 60.7 Å². The maximum Gasteiger partial charge on any atom is 0.0934 e. The molecular weight excluding hydrogens is 220 g/mol. The first kappa shape index (κ1) is 10.8. The van der Waals surface area contributed by atoms with Crippen molar-refractivity contribution >= 4 is 0 Å². The number of aromatic nitrogens is 2. The molecule has 0 atom stereocenters. The summed E-state index contributed by atoms with van der Waals surface area (Å²) in [4.78, 5) is 0. The van der Waals surface area contributed by atoms with Gasteiger partial charge in [0.25, 0.3) is 0 Å². The van der Waals surface area contributed by atoms with Crippen LogP contribution in [0, 0.1) is 13.1 Å². The van der Waals surface area contributed by atoms with Gasteiger partial charge in [0, 0.05) is 5.56 Å². The Morgan fingerprint density at radius 2 is 1.67 bits per heavy atom. The van der Waals surface area contributed by atoms with E-state index in [-0.39, 0.29) is 0 Å². The lowest BCUT2D eigenvalue weighted by Gasteiger charge is -2.00. The summed E-state index contributed by atoms with van der Waals surface area (Å²) in [6, 6.07) is 20.3. The monoisotopic (exact) mass is 233 g/mol. The molecule has 3 rings (SSSR count). The summed E-state index contributed by atoms with van der Waals surface area (Å²) in [5, 5.41) is 4.54. The number of para-hydroxylation sites is 1. The van der Waals surface area contributed by atoms with Crippen molar-refractivity contribution in [2.75, 3.05) is 0 Å². The lowest BCUT2D eigenvalue weighted by Crippen LogP contribution is -1.94. The third kappa shape index (κ3) is 2.05. The van der Waals surface area contributed by atoms with Gasteiger partial charge in [0.05, 0.1) is 17.6 Å². The lowest BCUT2D eigenvalue weighted by molar-refractivity contribution is 0.878. The van der Waals surface area contributed by atoms with Gasteiger partial charge in [-0.2, -0.15) is 5.10 Å². The van der Waals surface area contributed by atoms with Gasteiger partial charge >= 0.3 is 0 Å². The van der Waals surface area contributed by atoms with Crippen LogP contribution in [-0.2, 0) is 0 Å². The number of nitrogens with zero attached hydrogens (tertiary/aromatic N) is 2. The van der Waals surface area contributed by atoms with E-state index in [9.17, 15) is 0 Å². The smallest absolute Gasteiger partial charge is 0.0934 e. The van der Waals surface area contributed by atoms with Gasteiger partial charge in [-0.3, -0.25) is 0 Å². The molecule has 18 heavy (non-hydrogen) atoms. The summed E-state index contributed by atoms with van der Waals surface area (Å²) in [7, 11) is 0. The second kappa shape index (κ2) is 4.49. The molecule has 2 aromatic carbocycles. The van der Waals surface area contributed by atoms with Gasteiger partial charge in [-0.1, -0.05) is 48.0 Å². The van der Waals surface area contributed by atoms with Crippen LogP contribution in [0.3, 0.4) is 0 Å². The highest BCUT2D eigenvalue weighted by Crippen LogP contribution is 2.18. The predicted octanol–water partition coefficient (Wildman–Crippen LogP) is 3.65. The molecule has 1 heterocycles. The Balaban J connectivity index is 1.97. The molecule has 1 aromatic heterocycles. The highest BCUT2D eigenvalue weighted by molar-refractivity contribution is 5.59. The third-order valence-corrected chi connectivity index (χ3v) is 2.88. The van der Waals surface area contributed by atoms with Crippen molar-refractivity contribution in [3.8, 4) is 16.9 Å². The molecule has 0 fully saturated rings. The minimum absolute atomic E-state index is 0.943. The fourth-order valence-electron chi connectivity index (χ4n) is 1.85. The molecule has 0 saturated heterocycles. The number of benzene rings is 2. The standard InChI is InChI=1S/C16H13N2/c1-13-7-9-14(10-8-13)16-11-12-18(17-16)15-5-3-2-4-6-15/h2-11H,1H3. The van der Waals surface area contributed by atoms with Crippen molar-refractivity contribution in [3.63, 3.8) is 0 Å². The fourth-order valence-corrected chi connectivity index (χ4v) is 1.85. The third-order valence-electron chi connectivity index (χ3n) is 2.88. The van der Waals surface area contributed by atoms with Crippen molar-refractivity contribution in [1.82, 2.24) is 9.78 Å². The second-order valence-electron chi connectivity index (χ2n) is 4.27. The molecule has 0 spiro atoms. The van der Waals surface area contributed by atoms with Crippen molar-refractivity contribution < 1.29 is 0 Å². The number of hydrogen-bond acceptors (Lipinski definition) is 1. The molecule has 2 nitrogen and oxygen atoms in total. The average molecular weight is 233 g/mol. The van der Waals surface area contributed by atoms with Crippen LogP contribution >= 0.6 is 0 Å². The zero-order valence-electron chi connectivity index (χ0n) is 10.2. The Morgan fingerprint density at radius 1 is 0.944 bits per heavy atom. The molecule has 0 saturated carbocycles. The summed E-state index contributed by atoms with van der Waals surface area (Å²) >= 11 is 0.